The van der Waals surface area contributed by atoms with Crippen molar-refractivity contribution >= 4 is 10.9 Å². The van der Waals surface area contributed by atoms with E-state index in [4.69, 9.17) is 4.74 Å². The van der Waals surface area contributed by atoms with Gasteiger partial charge in [-0.1, -0.05) is 43.3 Å². The molecular formula is C29H35N7O2. The number of hydrogen-bond acceptors (Lipinski definition) is 7. The number of aryl methyl sites for hydroxylation is 1. The molecule has 1 N–H and O–H groups in total. The van der Waals surface area contributed by atoms with Gasteiger partial charge in [-0.05, 0) is 64.4 Å². The Morgan fingerprint density at radius 2 is 1.89 bits per heavy atom. The van der Waals surface area contributed by atoms with Gasteiger partial charge in [0.1, 0.15) is 6.04 Å². The summed E-state index contributed by atoms with van der Waals surface area (Å²) in [5.41, 5.74) is 4.00. The molecule has 4 aromatic rings. The number of piperazine rings is 1. The molecule has 2 aliphatic heterocycles. The van der Waals surface area contributed by atoms with Crippen LogP contribution in [0.15, 0.2) is 59.4 Å². The highest BCUT2D eigenvalue weighted by Crippen LogP contribution is 2.29. The second-order valence-electron chi connectivity index (χ2n) is 10.4. The van der Waals surface area contributed by atoms with E-state index >= 15 is 0 Å². The Hall–Kier alpha value is -3.40. The minimum Gasteiger partial charge on any atom is -0.376 e. The molecule has 198 valence electrons. The Balaban J connectivity index is 1.33. The van der Waals surface area contributed by atoms with Crippen LogP contribution in [0.3, 0.4) is 0 Å². The Bertz CT molecular complexity index is 1420. The van der Waals surface area contributed by atoms with Crippen LogP contribution in [0.5, 0.6) is 0 Å². The molecule has 6 rings (SSSR count). The summed E-state index contributed by atoms with van der Waals surface area (Å²) in [5, 5.41) is 13.9. The van der Waals surface area contributed by atoms with Crippen LogP contribution >= 0.6 is 0 Å². The molecule has 0 saturated carbocycles. The zero-order chi connectivity index (χ0) is 25.9. The van der Waals surface area contributed by atoms with Gasteiger partial charge in [0.2, 0.25) is 0 Å². The molecule has 2 saturated heterocycles. The summed E-state index contributed by atoms with van der Waals surface area (Å²) >= 11 is 0. The Morgan fingerprint density at radius 3 is 2.66 bits per heavy atom. The van der Waals surface area contributed by atoms with Crippen molar-refractivity contribution in [2.45, 2.75) is 51.4 Å². The van der Waals surface area contributed by atoms with Crippen LogP contribution in [0, 0.1) is 0 Å². The van der Waals surface area contributed by atoms with E-state index in [9.17, 15) is 4.79 Å². The number of aromatic amines is 1. The predicted octanol–water partition coefficient (Wildman–Crippen LogP) is 3.16. The van der Waals surface area contributed by atoms with E-state index in [0.29, 0.717) is 17.9 Å². The number of hydrogen-bond donors (Lipinski definition) is 1. The second-order valence-corrected chi connectivity index (χ2v) is 10.4. The van der Waals surface area contributed by atoms with Gasteiger partial charge >= 0.3 is 0 Å². The number of tetrazole rings is 1. The van der Waals surface area contributed by atoms with Crippen molar-refractivity contribution in [3.05, 3.63) is 87.5 Å². The zero-order valence-corrected chi connectivity index (χ0v) is 21.9. The fourth-order valence-corrected chi connectivity index (χ4v) is 5.74. The molecule has 2 aromatic heterocycles. The summed E-state index contributed by atoms with van der Waals surface area (Å²) in [4.78, 5) is 21.5. The average molecular weight is 514 g/mol. The van der Waals surface area contributed by atoms with E-state index in [1.165, 1.54) is 11.1 Å². The lowest BCUT2D eigenvalue weighted by atomic mass is 10.0. The van der Waals surface area contributed by atoms with Gasteiger partial charge in [-0.2, -0.15) is 0 Å². The first-order valence-corrected chi connectivity index (χ1v) is 13.7. The van der Waals surface area contributed by atoms with Crippen molar-refractivity contribution in [1.82, 2.24) is 35.0 Å². The number of pyridine rings is 1. The first-order chi connectivity index (χ1) is 18.7. The van der Waals surface area contributed by atoms with Crippen molar-refractivity contribution < 1.29 is 4.74 Å². The van der Waals surface area contributed by atoms with Crippen LogP contribution in [0.4, 0.5) is 0 Å². The highest BCUT2D eigenvalue weighted by Gasteiger charge is 2.33. The minimum atomic E-state index is -0.344. The Morgan fingerprint density at radius 1 is 1.05 bits per heavy atom. The van der Waals surface area contributed by atoms with Gasteiger partial charge in [-0.25, -0.2) is 4.68 Å². The quantitative estimate of drug-likeness (QED) is 0.387. The standard InChI is InChI=1S/C29H35N7O2/c1-2-21-10-11-26-23(17-21)18-25(29(37)30-26)27(28-31-32-33-36(28)20-24-9-6-16-38-24)35-14-12-34(13-15-35)19-22-7-4-3-5-8-22/h3-5,7-8,10-11,17-18,24,27H,2,6,9,12-16,19-20H2,1H3,(H,30,37)/t24-,27-/m0/s1. The third-order valence-electron chi connectivity index (χ3n) is 7.87. The number of H-pyrrole nitrogens is 1. The van der Waals surface area contributed by atoms with E-state index < -0.39 is 0 Å². The fraction of sp³-hybridized carbons (Fsp3) is 0.448. The number of rotatable bonds is 8. The Kier molecular flexibility index (Phi) is 7.31. The fourth-order valence-electron chi connectivity index (χ4n) is 5.74. The largest absolute Gasteiger partial charge is 0.376 e. The van der Waals surface area contributed by atoms with E-state index in [1.807, 2.05) is 16.8 Å². The molecule has 0 spiro atoms. The van der Waals surface area contributed by atoms with Gasteiger partial charge in [0.25, 0.3) is 5.56 Å². The molecule has 2 fully saturated rings. The molecule has 0 bridgehead atoms. The van der Waals surface area contributed by atoms with Gasteiger partial charge in [0, 0.05) is 50.4 Å². The van der Waals surface area contributed by atoms with Crippen LogP contribution < -0.4 is 5.56 Å². The van der Waals surface area contributed by atoms with Gasteiger partial charge in [-0.15, -0.1) is 5.10 Å². The smallest absolute Gasteiger partial charge is 0.253 e. The molecule has 2 aliphatic rings. The molecule has 4 heterocycles. The third kappa shape index (κ3) is 5.27. The van der Waals surface area contributed by atoms with Gasteiger partial charge in [0.15, 0.2) is 5.82 Å². The van der Waals surface area contributed by atoms with Crippen molar-refractivity contribution in [2.75, 3.05) is 32.8 Å². The van der Waals surface area contributed by atoms with Crippen molar-refractivity contribution in [2.24, 2.45) is 0 Å². The molecule has 0 aliphatic carbocycles. The number of nitrogens with zero attached hydrogens (tertiary/aromatic N) is 6. The van der Waals surface area contributed by atoms with Crippen LogP contribution in [0.1, 0.15) is 48.3 Å². The predicted molar refractivity (Wildman–Crippen MR) is 146 cm³/mol. The highest BCUT2D eigenvalue weighted by atomic mass is 16.5. The molecule has 2 atom stereocenters. The molecule has 0 amide bonds. The number of nitrogens with one attached hydrogen (secondary N) is 1. The number of benzene rings is 2. The first kappa shape index (κ1) is 24.9. The van der Waals surface area contributed by atoms with Crippen molar-refractivity contribution in [3.63, 3.8) is 0 Å². The lowest BCUT2D eigenvalue weighted by Crippen LogP contribution is -2.48. The molecule has 2 aromatic carbocycles. The Labute approximate surface area is 222 Å². The van der Waals surface area contributed by atoms with Crippen LogP contribution in [-0.4, -0.2) is 73.9 Å². The summed E-state index contributed by atoms with van der Waals surface area (Å²) < 4.78 is 7.74. The van der Waals surface area contributed by atoms with E-state index in [0.717, 1.165) is 69.5 Å². The molecule has 0 unspecified atom stereocenters. The van der Waals surface area contributed by atoms with E-state index in [1.54, 1.807) is 0 Å². The van der Waals surface area contributed by atoms with Crippen molar-refractivity contribution in [1.29, 1.82) is 0 Å². The molecule has 9 heteroatoms. The third-order valence-corrected chi connectivity index (χ3v) is 7.87. The van der Waals surface area contributed by atoms with Crippen LogP contribution in [0.2, 0.25) is 0 Å². The summed E-state index contributed by atoms with van der Waals surface area (Å²) in [6.07, 6.45) is 3.09. The van der Waals surface area contributed by atoms with Crippen LogP contribution in [-0.2, 0) is 24.2 Å². The summed E-state index contributed by atoms with van der Waals surface area (Å²) in [6.45, 7) is 7.89. The average Bonchev–Trinajstić information content (AvgIpc) is 3.63. The number of aromatic nitrogens is 5. The monoisotopic (exact) mass is 513 g/mol. The highest BCUT2D eigenvalue weighted by molar-refractivity contribution is 5.80. The maximum absolute atomic E-state index is 13.5. The van der Waals surface area contributed by atoms with E-state index in [-0.39, 0.29) is 17.7 Å². The van der Waals surface area contributed by atoms with Gasteiger partial charge < -0.3 is 9.72 Å². The zero-order valence-electron chi connectivity index (χ0n) is 21.9. The molecule has 9 nitrogen and oxygen atoms in total. The van der Waals surface area contributed by atoms with Gasteiger partial charge in [-0.3, -0.25) is 14.6 Å². The SMILES string of the molecule is CCc1ccc2[nH]c(=O)c([C@@H](c3nnnn3C[C@@H]3CCCO3)N3CCN(Cc4ccccc4)CC3)cc2c1. The van der Waals surface area contributed by atoms with Crippen LogP contribution in [0.25, 0.3) is 10.9 Å². The molecule has 0 radical (unpaired) electrons. The normalized spacial score (nSPS) is 19.8. The summed E-state index contributed by atoms with van der Waals surface area (Å²) in [6, 6.07) is 18.5. The topological polar surface area (TPSA) is 92.2 Å². The summed E-state index contributed by atoms with van der Waals surface area (Å²) in [7, 11) is 0. The van der Waals surface area contributed by atoms with E-state index in [2.05, 4.69) is 79.7 Å². The number of ether oxygens (including phenoxy) is 1. The molecule has 38 heavy (non-hydrogen) atoms. The molecular weight excluding hydrogens is 478 g/mol. The second kappa shape index (κ2) is 11.1. The minimum absolute atomic E-state index is 0.0925. The lowest BCUT2D eigenvalue weighted by molar-refractivity contribution is 0.0840. The summed E-state index contributed by atoms with van der Waals surface area (Å²) in [5.74, 6) is 0.702. The lowest BCUT2D eigenvalue weighted by Gasteiger charge is -2.38. The number of fused-ring (bicyclic) bond motifs is 1. The van der Waals surface area contributed by atoms with Gasteiger partial charge in [0.05, 0.1) is 12.6 Å². The van der Waals surface area contributed by atoms with Crippen molar-refractivity contribution in [3.8, 4) is 0 Å². The maximum Gasteiger partial charge on any atom is 0.253 e. The maximum atomic E-state index is 13.5. The first-order valence-electron chi connectivity index (χ1n) is 13.7.